The van der Waals surface area contributed by atoms with Crippen molar-refractivity contribution in [3.63, 3.8) is 0 Å². The van der Waals surface area contributed by atoms with Crippen molar-refractivity contribution in [3.05, 3.63) is 77.7 Å². The van der Waals surface area contributed by atoms with E-state index in [-0.39, 0.29) is 29.6 Å². The number of nitrogens with one attached hydrogen (secondary N) is 2. The number of amides is 1. The third-order valence-corrected chi connectivity index (χ3v) is 7.83. The summed E-state index contributed by atoms with van der Waals surface area (Å²) in [5.74, 6) is -0.126. The van der Waals surface area contributed by atoms with Crippen LogP contribution >= 0.6 is 0 Å². The van der Waals surface area contributed by atoms with E-state index in [2.05, 4.69) is 44.5 Å². The van der Waals surface area contributed by atoms with E-state index in [0.29, 0.717) is 5.56 Å². The predicted octanol–water partition coefficient (Wildman–Crippen LogP) is 3.45. The lowest BCUT2D eigenvalue weighted by Crippen LogP contribution is -2.35. The predicted molar refractivity (Wildman–Crippen MR) is 137 cm³/mol. The Morgan fingerprint density at radius 3 is 2.43 bits per heavy atom. The summed E-state index contributed by atoms with van der Waals surface area (Å²) in [4.78, 5) is 24.3. The summed E-state index contributed by atoms with van der Waals surface area (Å²) >= 11 is 0. The molecule has 0 bridgehead atoms. The number of benzene rings is 2. The molecule has 0 radical (unpaired) electrons. The zero-order valence-corrected chi connectivity index (χ0v) is 20.2. The molecule has 0 atom stereocenters. The van der Waals surface area contributed by atoms with Crippen LogP contribution in [0.3, 0.4) is 0 Å². The zero-order chi connectivity index (χ0) is 24.6. The van der Waals surface area contributed by atoms with Crippen molar-refractivity contribution < 1.29 is 13.2 Å². The molecule has 0 unspecified atom stereocenters. The van der Waals surface area contributed by atoms with Gasteiger partial charge in [0.2, 0.25) is 5.95 Å². The molecule has 1 aliphatic carbocycles. The molecule has 180 valence electrons. The number of anilines is 1. The van der Waals surface area contributed by atoms with Crippen LogP contribution in [0, 0.1) is 0 Å². The molecule has 2 aromatic heterocycles. The van der Waals surface area contributed by atoms with E-state index >= 15 is 0 Å². The lowest BCUT2D eigenvalue weighted by atomic mass is 9.60. The molecule has 35 heavy (non-hydrogen) atoms. The van der Waals surface area contributed by atoms with Gasteiger partial charge in [0.25, 0.3) is 5.91 Å². The van der Waals surface area contributed by atoms with Crippen molar-refractivity contribution >= 4 is 32.6 Å². The van der Waals surface area contributed by atoms with E-state index in [1.54, 1.807) is 18.5 Å². The van der Waals surface area contributed by atoms with Gasteiger partial charge in [-0.3, -0.25) is 4.79 Å². The average Bonchev–Trinajstić information content (AvgIpc) is 3.23. The number of aromatic amines is 1. The molecule has 4 aromatic rings. The van der Waals surface area contributed by atoms with Gasteiger partial charge in [0.15, 0.2) is 0 Å². The van der Waals surface area contributed by atoms with Gasteiger partial charge in [-0.05, 0) is 35.6 Å². The molecule has 1 fully saturated rings. The minimum Gasteiger partial charge on any atom is -0.368 e. The summed E-state index contributed by atoms with van der Waals surface area (Å²) < 4.78 is 22.8. The van der Waals surface area contributed by atoms with Gasteiger partial charge in [-0.15, -0.1) is 0 Å². The van der Waals surface area contributed by atoms with Crippen molar-refractivity contribution in [3.8, 4) is 11.1 Å². The normalized spacial score (nSPS) is 15.0. The fourth-order valence-electron chi connectivity index (χ4n) is 4.90. The van der Waals surface area contributed by atoms with Crippen LogP contribution in [0.1, 0.15) is 40.7 Å². The Morgan fingerprint density at radius 1 is 1.09 bits per heavy atom. The number of nitrogen functional groups attached to an aromatic ring is 1. The molecule has 1 saturated carbocycles. The molecule has 1 amide bonds. The molecule has 2 aromatic carbocycles. The first-order valence-electron chi connectivity index (χ1n) is 11.5. The number of carbonyl (C=O) groups excluding carboxylic acids is 1. The number of nitrogens with two attached hydrogens (primary N) is 1. The van der Waals surface area contributed by atoms with Crippen LogP contribution in [0.4, 0.5) is 5.95 Å². The number of carbonyl (C=O) groups is 1. The second-order valence-electron chi connectivity index (χ2n) is 9.16. The van der Waals surface area contributed by atoms with E-state index in [1.807, 2.05) is 18.3 Å². The van der Waals surface area contributed by atoms with Crippen LogP contribution in [-0.2, 0) is 15.3 Å². The van der Waals surface area contributed by atoms with Crippen LogP contribution in [0.25, 0.3) is 22.0 Å². The van der Waals surface area contributed by atoms with Gasteiger partial charge in [-0.2, -0.15) is 0 Å². The Hall–Kier alpha value is -3.72. The van der Waals surface area contributed by atoms with Gasteiger partial charge in [0.1, 0.15) is 9.84 Å². The first-order valence-corrected chi connectivity index (χ1v) is 13.6. The molecule has 1 aliphatic rings. The summed E-state index contributed by atoms with van der Waals surface area (Å²) in [6, 6.07) is 14.2. The molecular formula is C26H27N5O3S. The highest BCUT2D eigenvalue weighted by Crippen LogP contribution is 2.51. The molecule has 0 spiro atoms. The fourth-order valence-corrected chi connectivity index (χ4v) is 5.37. The molecule has 2 heterocycles. The van der Waals surface area contributed by atoms with Crippen molar-refractivity contribution in [1.29, 1.82) is 0 Å². The van der Waals surface area contributed by atoms with E-state index < -0.39 is 9.84 Å². The number of hydrogen-bond acceptors (Lipinski definition) is 6. The number of fused-ring (bicyclic) bond motifs is 1. The van der Waals surface area contributed by atoms with Crippen molar-refractivity contribution in [1.82, 2.24) is 20.3 Å². The van der Waals surface area contributed by atoms with Crippen molar-refractivity contribution in [2.75, 3.05) is 24.3 Å². The van der Waals surface area contributed by atoms with Crippen LogP contribution < -0.4 is 11.1 Å². The van der Waals surface area contributed by atoms with Gasteiger partial charge in [-0.1, -0.05) is 42.8 Å². The number of hydrogen-bond donors (Lipinski definition) is 3. The maximum atomic E-state index is 12.8. The highest BCUT2D eigenvalue weighted by atomic mass is 32.2. The quantitative estimate of drug-likeness (QED) is 0.364. The van der Waals surface area contributed by atoms with Crippen molar-refractivity contribution in [2.24, 2.45) is 0 Å². The van der Waals surface area contributed by atoms with E-state index in [4.69, 9.17) is 5.73 Å². The minimum absolute atomic E-state index is 0.0803. The largest absolute Gasteiger partial charge is 0.368 e. The molecule has 8 nitrogen and oxygen atoms in total. The number of H-pyrrole nitrogens is 1. The lowest BCUT2D eigenvalue weighted by Gasteiger charge is -2.43. The molecule has 5 rings (SSSR count). The van der Waals surface area contributed by atoms with Crippen LogP contribution in [0.15, 0.2) is 61.1 Å². The Balaban J connectivity index is 1.45. The van der Waals surface area contributed by atoms with Crippen LogP contribution in [0.2, 0.25) is 0 Å². The Morgan fingerprint density at radius 2 is 1.80 bits per heavy atom. The molecule has 0 aliphatic heterocycles. The Labute approximate surface area is 203 Å². The SMILES string of the molecule is CS(=O)(=O)CCNC(=O)c1cccc2c(C3(c4ccc(-c5cnc(N)nc5)cc4)CCC3)c[nH]c12. The molecule has 4 N–H and O–H groups in total. The highest BCUT2D eigenvalue weighted by Gasteiger charge is 2.42. The third kappa shape index (κ3) is 4.39. The fraction of sp³-hybridized carbons (Fsp3) is 0.269. The maximum absolute atomic E-state index is 12.8. The molecule has 0 saturated heterocycles. The summed E-state index contributed by atoms with van der Waals surface area (Å²) in [7, 11) is -3.14. The van der Waals surface area contributed by atoms with E-state index in [0.717, 1.165) is 47.5 Å². The standard InChI is InChI=1S/C26H27N5O3S/c1-35(33,34)13-12-28-24(32)21-5-2-4-20-22(16-29-23(20)21)26(10-3-11-26)19-8-6-17(7-9-19)18-14-30-25(27)31-15-18/h2,4-9,14-16,29H,3,10-13H2,1H3,(H,28,32)(H2,27,30,31). The first kappa shape index (κ1) is 23.0. The monoisotopic (exact) mass is 489 g/mol. The maximum Gasteiger partial charge on any atom is 0.253 e. The van der Waals surface area contributed by atoms with Gasteiger partial charge in [-0.25, -0.2) is 18.4 Å². The number of nitrogens with zero attached hydrogens (tertiary/aromatic N) is 2. The van der Waals surface area contributed by atoms with Gasteiger partial charge in [0, 0.05) is 47.8 Å². The van der Waals surface area contributed by atoms with Gasteiger partial charge >= 0.3 is 0 Å². The highest BCUT2D eigenvalue weighted by molar-refractivity contribution is 7.90. The first-order chi connectivity index (χ1) is 16.8. The number of sulfone groups is 1. The number of rotatable bonds is 7. The molecular weight excluding hydrogens is 462 g/mol. The summed E-state index contributed by atoms with van der Waals surface area (Å²) in [6.07, 6.45) is 9.79. The summed E-state index contributed by atoms with van der Waals surface area (Å²) in [6.45, 7) is 0.0803. The van der Waals surface area contributed by atoms with E-state index in [9.17, 15) is 13.2 Å². The second-order valence-corrected chi connectivity index (χ2v) is 11.4. The van der Waals surface area contributed by atoms with Crippen molar-refractivity contribution in [2.45, 2.75) is 24.7 Å². The molecule has 9 heteroatoms. The topological polar surface area (TPSA) is 131 Å². The Kier molecular flexibility index (Phi) is 5.80. The van der Waals surface area contributed by atoms with Crippen LogP contribution in [0.5, 0.6) is 0 Å². The second kappa shape index (κ2) is 8.81. The average molecular weight is 490 g/mol. The number of aromatic nitrogens is 3. The van der Waals surface area contributed by atoms with Gasteiger partial charge < -0.3 is 16.0 Å². The number of para-hydroxylation sites is 1. The van der Waals surface area contributed by atoms with Crippen LogP contribution in [-0.4, -0.2) is 47.8 Å². The minimum atomic E-state index is -3.14. The Bertz CT molecular complexity index is 1490. The van der Waals surface area contributed by atoms with Gasteiger partial charge in [0.05, 0.1) is 16.8 Å². The zero-order valence-electron chi connectivity index (χ0n) is 19.4. The lowest BCUT2D eigenvalue weighted by molar-refractivity contribution is 0.0957. The smallest absolute Gasteiger partial charge is 0.253 e. The summed E-state index contributed by atoms with van der Waals surface area (Å²) in [5.41, 5.74) is 11.1. The summed E-state index contributed by atoms with van der Waals surface area (Å²) in [5, 5.41) is 3.74. The van der Waals surface area contributed by atoms with E-state index in [1.165, 1.54) is 11.1 Å². The third-order valence-electron chi connectivity index (χ3n) is 6.88.